The van der Waals surface area contributed by atoms with Gasteiger partial charge in [0.15, 0.2) is 0 Å². The van der Waals surface area contributed by atoms with Crippen molar-refractivity contribution in [3.8, 4) is 5.75 Å². The fourth-order valence-corrected chi connectivity index (χ4v) is 2.74. The number of hydrogen-bond donors (Lipinski definition) is 1. The first kappa shape index (κ1) is 17.8. The molecule has 0 bridgehead atoms. The lowest BCUT2D eigenvalue weighted by atomic mass is 10.2. The third-order valence-corrected chi connectivity index (χ3v) is 3.92. The lowest BCUT2D eigenvalue weighted by Gasteiger charge is -2.21. The van der Waals surface area contributed by atoms with E-state index in [0.29, 0.717) is 32.2 Å². The van der Waals surface area contributed by atoms with Crippen LogP contribution in [0.4, 0.5) is 0 Å². The van der Waals surface area contributed by atoms with E-state index in [-0.39, 0.29) is 5.91 Å². The van der Waals surface area contributed by atoms with Crippen LogP contribution in [0.25, 0.3) is 0 Å². The molecule has 128 valence electrons. The van der Waals surface area contributed by atoms with Gasteiger partial charge in [0.05, 0.1) is 12.7 Å². The second-order valence-electron chi connectivity index (χ2n) is 6.71. The van der Waals surface area contributed by atoms with Gasteiger partial charge in [-0.05, 0) is 23.6 Å². The van der Waals surface area contributed by atoms with Crippen LogP contribution >= 0.6 is 0 Å². The maximum atomic E-state index is 11.5. The van der Waals surface area contributed by atoms with Gasteiger partial charge in [-0.1, -0.05) is 26.0 Å². The molecule has 1 fully saturated rings. The van der Waals surface area contributed by atoms with Crippen molar-refractivity contribution in [1.82, 2.24) is 9.80 Å². The predicted octanol–water partition coefficient (Wildman–Crippen LogP) is 1.75. The van der Waals surface area contributed by atoms with Crippen molar-refractivity contribution >= 4 is 5.91 Å². The largest absolute Gasteiger partial charge is 0.493 e. The Morgan fingerprint density at radius 1 is 1.35 bits per heavy atom. The second-order valence-corrected chi connectivity index (χ2v) is 6.71. The van der Waals surface area contributed by atoms with Crippen LogP contribution < -0.4 is 4.74 Å². The van der Waals surface area contributed by atoms with Crippen LogP contribution in [0.15, 0.2) is 24.3 Å². The van der Waals surface area contributed by atoms with Gasteiger partial charge in [0, 0.05) is 39.6 Å². The normalized spacial score (nSPS) is 19.7. The molecule has 5 nitrogen and oxygen atoms in total. The quantitative estimate of drug-likeness (QED) is 0.898. The predicted molar refractivity (Wildman–Crippen MR) is 90.3 cm³/mol. The highest BCUT2D eigenvalue weighted by molar-refractivity contribution is 5.73. The van der Waals surface area contributed by atoms with Crippen LogP contribution in [0, 0.1) is 5.92 Å². The molecule has 0 saturated carbocycles. The Labute approximate surface area is 138 Å². The Kier molecular flexibility index (Phi) is 6.42. The number of aliphatic hydroxyl groups excluding tert-OH is 1. The maximum Gasteiger partial charge on any atom is 0.219 e. The van der Waals surface area contributed by atoms with Crippen LogP contribution in [0.5, 0.6) is 5.75 Å². The number of β-amino-alcohol motifs (C(OH)–C–C–N with tert-alkyl or cyclic N) is 1. The summed E-state index contributed by atoms with van der Waals surface area (Å²) >= 11 is 0. The Morgan fingerprint density at radius 3 is 2.83 bits per heavy atom. The number of rotatable bonds is 5. The smallest absolute Gasteiger partial charge is 0.219 e. The summed E-state index contributed by atoms with van der Waals surface area (Å²) in [6.45, 7) is 9.71. The first-order chi connectivity index (χ1) is 10.9. The lowest BCUT2D eigenvalue weighted by Crippen LogP contribution is -2.36. The summed E-state index contributed by atoms with van der Waals surface area (Å²) in [6.07, 6.45) is -0.498. The number of aliphatic hydroxyl groups is 1. The van der Waals surface area contributed by atoms with Crippen molar-refractivity contribution in [2.45, 2.75) is 33.4 Å². The maximum absolute atomic E-state index is 11.5. The highest BCUT2D eigenvalue weighted by atomic mass is 16.5. The summed E-state index contributed by atoms with van der Waals surface area (Å²) in [5, 5.41) is 10.1. The fourth-order valence-electron chi connectivity index (χ4n) is 2.74. The van der Waals surface area contributed by atoms with Gasteiger partial charge in [-0.25, -0.2) is 0 Å². The van der Waals surface area contributed by atoms with Gasteiger partial charge in [0.2, 0.25) is 5.91 Å². The Bertz CT molecular complexity index is 519. The summed E-state index contributed by atoms with van der Waals surface area (Å²) in [5.41, 5.74) is 1.16. The van der Waals surface area contributed by atoms with E-state index in [1.807, 2.05) is 12.1 Å². The molecule has 2 rings (SSSR count). The first-order valence-electron chi connectivity index (χ1n) is 8.31. The van der Waals surface area contributed by atoms with Gasteiger partial charge in [0.1, 0.15) is 5.75 Å². The number of amides is 1. The molecule has 1 aromatic carbocycles. The monoisotopic (exact) mass is 320 g/mol. The molecule has 1 aliphatic rings. The molecule has 1 amide bonds. The minimum Gasteiger partial charge on any atom is -0.493 e. The summed E-state index contributed by atoms with van der Waals surface area (Å²) in [4.78, 5) is 15.4. The van der Waals surface area contributed by atoms with Crippen LogP contribution in [-0.4, -0.2) is 59.7 Å². The average Bonchev–Trinajstić information content (AvgIpc) is 2.67. The molecular weight excluding hydrogens is 292 g/mol. The van der Waals surface area contributed by atoms with E-state index in [9.17, 15) is 9.90 Å². The van der Waals surface area contributed by atoms with Crippen LogP contribution in [-0.2, 0) is 11.3 Å². The summed E-state index contributed by atoms with van der Waals surface area (Å²) in [7, 11) is 0. The zero-order valence-electron chi connectivity index (χ0n) is 14.4. The van der Waals surface area contributed by atoms with Crippen molar-refractivity contribution in [3.63, 3.8) is 0 Å². The lowest BCUT2D eigenvalue weighted by molar-refractivity contribution is -0.129. The third-order valence-electron chi connectivity index (χ3n) is 3.92. The van der Waals surface area contributed by atoms with Gasteiger partial charge >= 0.3 is 0 Å². The topological polar surface area (TPSA) is 53.0 Å². The SMILES string of the molecule is CC(=O)N1CCN(Cc2cccc(OCC(C)C)c2)CC(O)C1. The van der Waals surface area contributed by atoms with Crippen LogP contribution in [0.3, 0.4) is 0 Å². The number of carbonyl (C=O) groups excluding carboxylic acids is 1. The van der Waals surface area contributed by atoms with E-state index in [0.717, 1.165) is 24.4 Å². The Balaban J connectivity index is 1.95. The van der Waals surface area contributed by atoms with Gasteiger partial charge in [-0.3, -0.25) is 9.69 Å². The number of hydrogen-bond acceptors (Lipinski definition) is 4. The van der Waals surface area contributed by atoms with E-state index in [1.165, 1.54) is 0 Å². The minimum atomic E-state index is -0.498. The van der Waals surface area contributed by atoms with E-state index in [2.05, 4.69) is 30.9 Å². The van der Waals surface area contributed by atoms with E-state index in [1.54, 1.807) is 11.8 Å². The molecule has 1 atom stereocenters. The molecule has 0 radical (unpaired) electrons. The minimum absolute atomic E-state index is 0.0231. The van der Waals surface area contributed by atoms with Crippen LogP contribution in [0.1, 0.15) is 26.3 Å². The van der Waals surface area contributed by atoms with Crippen LogP contribution in [0.2, 0.25) is 0 Å². The van der Waals surface area contributed by atoms with E-state index >= 15 is 0 Å². The van der Waals surface area contributed by atoms with Gasteiger partial charge in [0.25, 0.3) is 0 Å². The zero-order valence-corrected chi connectivity index (χ0v) is 14.4. The fraction of sp³-hybridized carbons (Fsp3) is 0.611. The van der Waals surface area contributed by atoms with E-state index in [4.69, 9.17) is 4.74 Å². The third kappa shape index (κ3) is 5.84. The average molecular weight is 320 g/mol. The highest BCUT2D eigenvalue weighted by Gasteiger charge is 2.22. The van der Waals surface area contributed by atoms with Crippen molar-refractivity contribution in [1.29, 1.82) is 0 Å². The molecule has 23 heavy (non-hydrogen) atoms. The summed E-state index contributed by atoms with van der Waals surface area (Å²) in [5.74, 6) is 1.41. The Hall–Kier alpha value is -1.59. The van der Waals surface area contributed by atoms with Crippen molar-refractivity contribution in [2.24, 2.45) is 5.92 Å². The molecule has 0 aromatic heterocycles. The highest BCUT2D eigenvalue weighted by Crippen LogP contribution is 2.17. The zero-order chi connectivity index (χ0) is 16.8. The second kappa shape index (κ2) is 8.31. The number of ether oxygens (including phenoxy) is 1. The summed E-state index contributed by atoms with van der Waals surface area (Å²) < 4.78 is 5.77. The summed E-state index contributed by atoms with van der Waals surface area (Å²) in [6, 6.07) is 8.10. The molecule has 1 aliphatic heterocycles. The first-order valence-corrected chi connectivity index (χ1v) is 8.31. The van der Waals surface area contributed by atoms with Gasteiger partial charge < -0.3 is 14.7 Å². The molecular formula is C18H28N2O3. The molecule has 0 aliphatic carbocycles. The van der Waals surface area contributed by atoms with Gasteiger partial charge in [-0.15, -0.1) is 0 Å². The molecule has 5 heteroatoms. The number of benzene rings is 1. The molecule has 1 unspecified atom stereocenters. The number of carbonyl (C=O) groups is 1. The van der Waals surface area contributed by atoms with Crippen molar-refractivity contribution in [3.05, 3.63) is 29.8 Å². The van der Waals surface area contributed by atoms with Crippen molar-refractivity contribution in [2.75, 3.05) is 32.8 Å². The number of nitrogens with zero attached hydrogens (tertiary/aromatic N) is 2. The Morgan fingerprint density at radius 2 is 2.13 bits per heavy atom. The molecule has 1 heterocycles. The van der Waals surface area contributed by atoms with E-state index < -0.39 is 6.10 Å². The molecule has 0 spiro atoms. The molecule has 1 N–H and O–H groups in total. The molecule has 1 aromatic rings. The molecule has 1 saturated heterocycles. The van der Waals surface area contributed by atoms with Gasteiger partial charge in [-0.2, -0.15) is 0 Å². The standard InChI is InChI=1S/C18H28N2O3/c1-14(2)13-23-18-6-4-5-16(9-18)10-19-7-8-20(15(3)21)12-17(22)11-19/h4-6,9,14,17,22H,7-8,10-13H2,1-3H3. The van der Waals surface area contributed by atoms with Crippen molar-refractivity contribution < 1.29 is 14.6 Å².